The maximum Gasteiger partial charge on any atom is 0.254 e. The van der Waals surface area contributed by atoms with Gasteiger partial charge in [0.05, 0.1) is 17.7 Å². The van der Waals surface area contributed by atoms with E-state index >= 15 is 0 Å². The van der Waals surface area contributed by atoms with E-state index in [1.165, 1.54) is 30.1 Å². The molecule has 0 bridgehead atoms. The molecule has 8 heteroatoms. The molecule has 0 aliphatic carbocycles. The lowest BCUT2D eigenvalue weighted by Gasteiger charge is -2.17. The number of anilines is 1. The number of carbonyl (C=O) groups is 2. The van der Waals surface area contributed by atoms with Crippen molar-refractivity contribution in [3.63, 3.8) is 0 Å². The van der Waals surface area contributed by atoms with Crippen molar-refractivity contribution in [1.29, 1.82) is 0 Å². The topological polar surface area (TPSA) is 80.1 Å². The predicted molar refractivity (Wildman–Crippen MR) is 90.5 cm³/mol. The second kappa shape index (κ2) is 6.68. The molecule has 0 aliphatic rings. The van der Waals surface area contributed by atoms with E-state index in [1.807, 2.05) is 0 Å². The van der Waals surface area contributed by atoms with Crippen LogP contribution in [0.2, 0.25) is 0 Å². The van der Waals surface area contributed by atoms with Gasteiger partial charge in [-0.25, -0.2) is 9.07 Å². The van der Waals surface area contributed by atoms with Gasteiger partial charge in [0, 0.05) is 19.7 Å². The number of carbonyl (C=O) groups excluding carboxylic acids is 2. The van der Waals surface area contributed by atoms with Crippen LogP contribution < -0.4 is 5.32 Å². The number of amides is 2. The molecule has 2 aromatic carbocycles. The Morgan fingerprint density at radius 3 is 2.76 bits per heavy atom. The molecule has 1 N–H and O–H groups in total. The molecule has 25 heavy (non-hydrogen) atoms. The molecule has 0 fully saturated rings. The minimum absolute atomic E-state index is 0.0781. The fraction of sp³-hybridized carbons (Fsp3) is 0.176. The van der Waals surface area contributed by atoms with E-state index in [0.717, 1.165) is 5.52 Å². The van der Waals surface area contributed by atoms with Crippen LogP contribution in [0.5, 0.6) is 0 Å². The van der Waals surface area contributed by atoms with Crippen molar-refractivity contribution in [2.24, 2.45) is 7.05 Å². The first-order chi connectivity index (χ1) is 12.0. The number of fused-ring (bicyclic) bond motifs is 1. The maximum absolute atomic E-state index is 13.6. The Morgan fingerprint density at radius 2 is 2.00 bits per heavy atom. The number of aromatic nitrogens is 3. The van der Waals surface area contributed by atoms with E-state index in [2.05, 4.69) is 15.6 Å². The quantitative estimate of drug-likeness (QED) is 0.785. The van der Waals surface area contributed by atoms with Crippen molar-refractivity contribution < 1.29 is 14.0 Å². The smallest absolute Gasteiger partial charge is 0.254 e. The van der Waals surface area contributed by atoms with Crippen molar-refractivity contribution in [2.45, 2.75) is 0 Å². The monoisotopic (exact) mass is 341 g/mol. The normalized spacial score (nSPS) is 10.7. The van der Waals surface area contributed by atoms with Gasteiger partial charge in [-0.15, -0.1) is 5.10 Å². The van der Waals surface area contributed by atoms with Crippen LogP contribution in [0.15, 0.2) is 42.5 Å². The number of para-hydroxylation sites is 1. The lowest BCUT2D eigenvalue weighted by molar-refractivity contribution is -0.116. The Morgan fingerprint density at radius 1 is 1.24 bits per heavy atom. The Hall–Kier alpha value is -3.29. The molecule has 0 spiro atoms. The summed E-state index contributed by atoms with van der Waals surface area (Å²) in [6.45, 7) is -0.203. The molecule has 1 heterocycles. The summed E-state index contributed by atoms with van der Waals surface area (Å²) in [4.78, 5) is 25.8. The number of benzene rings is 2. The van der Waals surface area contributed by atoms with Crippen LogP contribution in [0.1, 0.15) is 10.4 Å². The van der Waals surface area contributed by atoms with Gasteiger partial charge in [-0.3, -0.25) is 9.59 Å². The lowest BCUT2D eigenvalue weighted by atomic mass is 10.1. The van der Waals surface area contributed by atoms with Gasteiger partial charge < -0.3 is 10.2 Å². The molecule has 2 amide bonds. The van der Waals surface area contributed by atoms with E-state index in [4.69, 9.17) is 0 Å². The Labute approximate surface area is 143 Å². The number of nitrogens with one attached hydrogen (secondary N) is 1. The molecule has 0 radical (unpaired) electrons. The van der Waals surface area contributed by atoms with Gasteiger partial charge in [-0.2, -0.15) is 0 Å². The highest BCUT2D eigenvalue weighted by molar-refractivity contribution is 6.00. The van der Waals surface area contributed by atoms with Gasteiger partial charge in [-0.05, 0) is 30.3 Å². The number of rotatable bonds is 4. The zero-order valence-electron chi connectivity index (χ0n) is 13.7. The van der Waals surface area contributed by atoms with Crippen molar-refractivity contribution in [2.75, 3.05) is 18.9 Å². The number of hydrogen-bond acceptors (Lipinski definition) is 4. The van der Waals surface area contributed by atoms with Crippen molar-refractivity contribution in [3.05, 3.63) is 53.8 Å². The molecule has 3 rings (SSSR count). The zero-order valence-corrected chi connectivity index (χ0v) is 13.7. The summed E-state index contributed by atoms with van der Waals surface area (Å²) in [5.74, 6) is -1.35. The molecule has 0 unspecified atom stereocenters. The molecule has 0 saturated heterocycles. The molecule has 1 aromatic heterocycles. The second-order valence-corrected chi connectivity index (χ2v) is 5.61. The van der Waals surface area contributed by atoms with E-state index in [0.29, 0.717) is 11.1 Å². The van der Waals surface area contributed by atoms with Crippen LogP contribution in [0.25, 0.3) is 11.0 Å². The summed E-state index contributed by atoms with van der Waals surface area (Å²) in [6.07, 6.45) is 0. The predicted octanol–water partition coefficient (Wildman–Crippen LogP) is 1.82. The second-order valence-electron chi connectivity index (χ2n) is 5.61. The van der Waals surface area contributed by atoms with Crippen LogP contribution in [0.4, 0.5) is 10.1 Å². The molecule has 0 atom stereocenters. The van der Waals surface area contributed by atoms with E-state index in [1.54, 1.807) is 36.0 Å². The highest BCUT2D eigenvalue weighted by Gasteiger charge is 2.17. The first kappa shape index (κ1) is 16.6. The molecule has 0 saturated carbocycles. The molecule has 3 aromatic rings. The summed E-state index contributed by atoms with van der Waals surface area (Å²) in [5.41, 5.74) is 1.87. The third kappa shape index (κ3) is 3.47. The Kier molecular flexibility index (Phi) is 4.42. The van der Waals surface area contributed by atoms with Gasteiger partial charge in [0.15, 0.2) is 0 Å². The van der Waals surface area contributed by atoms with Gasteiger partial charge in [0.1, 0.15) is 11.3 Å². The minimum Gasteiger partial charge on any atom is -0.332 e. The lowest BCUT2D eigenvalue weighted by Crippen LogP contribution is -2.35. The first-order valence-electron chi connectivity index (χ1n) is 7.55. The van der Waals surface area contributed by atoms with Crippen LogP contribution in [-0.2, 0) is 11.8 Å². The molecule has 7 nitrogen and oxygen atoms in total. The van der Waals surface area contributed by atoms with Crippen LogP contribution in [0, 0.1) is 5.82 Å². The Balaban J connectivity index is 1.69. The van der Waals surface area contributed by atoms with Crippen LogP contribution in [0.3, 0.4) is 0 Å². The fourth-order valence-corrected chi connectivity index (χ4v) is 2.43. The number of aryl methyl sites for hydroxylation is 1. The third-order valence-electron chi connectivity index (χ3n) is 3.73. The molecular formula is C17H16FN5O2. The first-order valence-corrected chi connectivity index (χ1v) is 7.55. The Bertz CT molecular complexity index is 953. The SMILES string of the molecule is CN(CC(=O)Nc1ccccc1F)C(=O)c1ccc2c(c1)nnn2C. The van der Waals surface area contributed by atoms with Crippen LogP contribution >= 0.6 is 0 Å². The number of halogens is 1. The van der Waals surface area contributed by atoms with Crippen molar-refractivity contribution >= 4 is 28.5 Å². The summed E-state index contributed by atoms with van der Waals surface area (Å²) in [5, 5.41) is 10.3. The van der Waals surface area contributed by atoms with E-state index in [-0.39, 0.29) is 18.1 Å². The molecule has 0 aliphatic heterocycles. The van der Waals surface area contributed by atoms with Gasteiger partial charge >= 0.3 is 0 Å². The summed E-state index contributed by atoms with van der Waals surface area (Å²) in [7, 11) is 3.26. The van der Waals surface area contributed by atoms with Crippen LogP contribution in [-0.4, -0.2) is 45.3 Å². The molecule has 128 valence electrons. The average molecular weight is 341 g/mol. The van der Waals surface area contributed by atoms with Gasteiger partial charge in [0.25, 0.3) is 5.91 Å². The highest BCUT2D eigenvalue weighted by atomic mass is 19.1. The van der Waals surface area contributed by atoms with E-state index in [9.17, 15) is 14.0 Å². The average Bonchev–Trinajstić information content (AvgIpc) is 2.96. The number of likely N-dealkylation sites (N-methyl/N-ethyl adjacent to an activating group) is 1. The van der Waals surface area contributed by atoms with Crippen molar-refractivity contribution in [1.82, 2.24) is 19.9 Å². The fourth-order valence-electron chi connectivity index (χ4n) is 2.43. The summed E-state index contributed by atoms with van der Waals surface area (Å²) in [6, 6.07) is 10.9. The van der Waals surface area contributed by atoms with E-state index < -0.39 is 11.7 Å². The van der Waals surface area contributed by atoms with Gasteiger partial charge in [0.2, 0.25) is 5.91 Å². The largest absolute Gasteiger partial charge is 0.332 e. The van der Waals surface area contributed by atoms with Crippen molar-refractivity contribution in [3.8, 4) is 0 Å². The molecular weight excluding hydrogens is 325 g/mol. The highest BCUT2D eigenvalue weighted by Crippen LogP contribution is 2.15. The zero-order chi connectivity index (χ0) is 18.0. The maximum atomic E-state index is 13.6. The standard InChI is InChI=1S/C17H16FN5O2/c1-22(10-16(24)19-13-6-4-3-5-12(13)18)17(25)11-7-8-15-14(9-11)20-21-23(15)2/h3-9H,10H2,1-2H3,(H,19,24). The summed E-state index contributed by atoms with van der Waals surface area (Å²) < 4.78 is 15.2. The summed E-state index contributed by atoms with van der Waals surface area (Å²) >= 11 is 0. The van der Waals surface area contributed by atoms with Gasteiger partial charge in [-0.1, -0.05) is 17.3 Å². The minimum atomic E-state index is -0.530. The third-order valence-corrected chi connectivity index (χ3v) is 3.73. The number of nitrogens with zero attached hydrogens (tertiary/aromatic N) is 4. The number of hydrogen-bond donors (Lipinski definition) is 1.